The zero-order valence-corrected chi connectivity index (χ0v) is 15.8. The Morgan fingerprint density at radius 3 is 2.52 bits per heavy atom. The van der Waals surface area contributed by atoms with Gasteiger partial charge in [0, 0.05) is 11.4 Å². The lowest BCUT2D eigenvalue weighted by Crippen LogP contribution is -2.36. The molecule has 7 heteroatoms. The normalized spacial score (nSPS) is 18.2. The number of carbonyl (C=O) groups is 1. The molecule has 0 atom stereocenters. The monoisotopic (exact) mass is 388 g/mol. The minimum Gasteiger partial charge on any atom is -0.325 e. The van der Waals surface area contributed by atoms with E-state index >= 15 is 0 Å². The molecule has 0 saturated heterocycles. The van der Waals surface area contributed by atoms with Crippen LogP contribution in [0, 0.1) is 12.7 Å². The molecular formula is C20H21FN2O3S. The van der Waals surface area contributed by atoms with Gasteiger partial charge in [0.15, 0.2) is 0 Å². The summed E-state index contributed by atoms with van der Waals surface area (Å²) in [6.07, 6.45) is 4.63. The maximum Gasteiger partial charge on any atom is 0.262 e. The van der Waals surface area contributed by atoms with Crippen LogP contribution in [0.1, 0.15) is 43.2 Å². The van der Waals surface area contributed by atoms with Gasteiger partial charge in [-0.25, -0.2) is 12.8 Å². The fourth-order valence-electron chi connectivity index (χ4n) is 4.25. The molecule has 0 unspecified atom stereocenters. The molecule has 1 saturated carbocycles. The van der Waals surface area contributed by atoms with E-state index in [2.05, 4.69) is 10.0 Å². The van der Waals surface area contributed by atoms with E-state index in [-0.39, 0.29) is 10.8 Å². The lowest BCUT2D eigenvalue weighted by atomic mass is 9.70. The van der Waals surface area contributed by atoms with Crippen molar-refractivity contribution in [3.63, 3.8) is 0 Å². The summed E-state index contributed by atoms with van der Waals surface area (Å²) in [5.41, 5.74) is 1.80. The molecule has 1 fully saturated rings. The number of hydrogen-bond donors (Lipinski definition) is 2. The Kier molecular flexibility index (Phi) is 4.22. The van der Waals surface area contributed by atoms with Crippen LogP contribution in [0.3, 0.4) is 0 Å². The zero-order chi connectivity index (χ0) is 19.2. The number of benzene rings is 2. The second-order valence-corrected chi connectivity index (χ2v) is 9.02. The van der Waals surface area contributed by atoms with Crippen molar-refractivity contribution >= 4 is 27.3 Å². The Morgan fingerprint density at radius 2 is 1.81 bits per heavy atom. The highest BCUT2D eigenvalue weighted by molar-refractivity contribution is 7.92. The first-order chi connectivity index (χ1) is 12.8. The highest BCUT2D eigenvalue weighted by Crippen LogP contribution is 2.48. The number of fused-ring (bicyclic) bond motifs is 2. The summed E-state index contributed by atoms with van der Waals surface area (Å²) in [6.45, 7) is 1.56. The predicted octanol–water partition coefficient (Wildman–Crippen LogP) is 4.09. The van der Waals surface area contributed by atoms with Crippen molar-refractivity contribution < 1.29 is 17.6 Å². The highest BCUT2D eigenvalue weighted by Gasteiger charge is 2.47. The number of amides is 1. The van der Waals surface area contributed by atoms with Crippen molar-refractivity contribution in [2.24, 2.45) is 0 Å². The first-order valence-electron chi connectivity index (χ1n) is 9.07. The lowest BCUT2D eigenvalue weighted by molar-refractivity contribution is -0.121. The van der Waals surface area contributed by atoms with E-state index in [1.54, 1.807) is 25.1 Å². The van der Waals surface area contributed by atoms with E-state index in [9.17, 15) is 17.6 Å². The van der Waals surface area contributed by atoms with Gasteiger partial charge in [-0.1, -0.05) is 19.3 Å². The Balaban J connectivity index is 1.70. The van der Waals surface area contributed by atoms with Crippen LogP contribution in [-0.4, -0.2) is 14.3 Å². The first-order valence-corrected chi connectivity index (χ1v) is 10.6. The molecule has 1 aliphatic heterocycles. The smallest absolute Gasteiger partial charge is 0.262 e. The summed E-state index contributed by atoms with van der Waals surface area (Å²) < 4.78 is 41.4. The zero-order valence-electron chi connectivity index (χ0n) is 15.0. The van der Waals surface area contributed by atoms with Crippen molar-refractivity contribution in [3.05, 3.63) is 53.3 Å². The first kappa shape index (κ1) is 18.0. The summed E-state index contributed by atoms with van der Waals surface area (Å²) >= 11 is 0. The molecule has 27 heavy (non-hydrogen) atoms. The van der Waals surface area contributed by atoms with Crippen LogP contribution in [0.2, 0.25) is 0 Å². The van der Waals surface area contributed by atoms with Gasteiger partial charge in [-0.2, -0.15) is 0 Å². The van der Waals surface area contributed by atoms with Crippen LogP contribution in [0.4, 0.5) is 15.8 Å². The number of aryl methyl sites for hydroxylation is 1. The van der Waals surface area contributed by atoms with Crippen LogP contribution in [0.25, 0.3) is 0 Å². The summed E-state index contributed by atoms with van der Waals surface area (Å²) in [6, 6.07) is 8.72. The molecule has 1 spiro atoms. The minimum atomic E-state index is -3.86. The SMILES string of the molecule is Cc1cc(F)ccc1S(=O)(=O)Nc1ccc2c(c1)C1(CCCCC1)C(=O)N2. The molecule has 4 rings (SSSR count). The van der Waals surface area contributed by atoms with Crippen molar-refractivity contribution in [2.75, 3.05) is 10.0 Å². The number of sulfonamides is 1. The van der Waals surface area contributed by atoms with E-state index in [0.717, 1.165) is 49.4 Å². The number of anilines is 2. The van der Waals surface area contributed by atoms with Crippen molar-refractivity contribution in [1.82, 2.24) is 0 Å². The van der Waals surface area contributed by atoms with Gasteiger partial charge in [-0.3, -0.25) is 9.52 Å². The number of hydrogen-bond acceptors (Lipinski definition) is 3. The third-order valence-electron chi connectivity index (χ3n) is 5.60. The Bertz CT molecular complexity index is 1030. The van der Waals surface area contributed by atoms with Gasteiger partial charge in [0.05, 0.1) is 10.3 Å². The van der Waals surface area contributed by atoms with Crippen molar-refractivity contribution in [1.29, 1.82) is 0 Å². The number of rotatable bonds is 3. The molecule has 5 nitrogen and oxygen atoms in total. The van der Waals surface area contributed by atoms with Crippen LogP contribution >= 0.6 is 0 Å². The molecule has 0 radical (unpaired) electrons. The molecule has 0 aromatic heterocycles. The molecule has 2 aliphatic rings. The lowest BCUT2D eigenvalue weighted by Gasteiger charge is -2.31. The van der Waals surface area contributed by atoms with E-state index in [1.165, 1.54) is 12.1 Å². The Labute approximate surface area is 158 Å². The van der Waals surface area contributed by atoms with Gasteiger partial charge in [0.2, 0.25) is 5.91 Å². The fraction of sp³-hybridized carbons (Fsp3) is 0.350. The molecule has 1 heterocycles. The summed E-state index contributed by atoms with van der Waals surface area (Å²) in [7, 11) is -3.86. The third-order valence-corrected chi connectivity index (χ3v) is 7.15. The predicted molar refractivity (Wildman–Crippen MR) is 102 cm³/mol. The maximum atomic E-state index is 13.3. The van der Waals surface area contributed by atoms with E-state index in [0.29, 0.717) is 11.3 Å². The molecule has 2 aromatic rings. The number of nitrogens with one attached hydrogen (secondary N) is 2. The highest BCUT2D eigenvalue weighted by atomic mass is 32.2. The van der Waals surface area contributed by atoms with Crippen molar-refractivity contribution in [3.8, 4) is 0 Å². The number of halogens is 1. The quantitative estimate of drug-likeness (QED) is 0.832. The van der Waals surface area contributed by atoms with E-state index < -0.39 is 21.3 Å². The van der Waals surface area contributed by atoms with Gasteiger partial charge in [-0.05, 0) is 67.3 Å². The molecular weight excluding hydrogens is 367 g/mol. The minimum absolute atomic E-state index is 0.00610. The number of carbonyl (C=O) groups excluding carboxylic acids is 1. The van der Waals surface area contributed by atoms with Gasteiger partial charge in [0.25, 0.3) is 10.0 Å². The molecule has 1 aliphatic carbocycles. The van der Waals surface area contributed by atoms with Crippen LogP contribution in [0.5, 0.6) is 0 Å². The molecule has 2 N–H and O–H groups in total. The summed E-state index contributed by atoms with van der Waals surface area (Å²) in [5, 5.41) is 2.94. The second kappa shape index (κ2) is 6.34. The Morgan fingerprint density at radius 1 is 1.07 bits per heavy atom. The van der Waals surface area contributed by atoms with Crippen molar-refractivity contribution in [2.45, 2.75) is 49.3 Å². The van der Waals surface area contributed by atoms with Gasteiger partial charge < -0.3 is 5.32 Å². The summed E-state index contributed by atoms with van der Waals surface area (Å²) in [4.78, 5) is 12.7. The van der Waals surface area contributed by atoms with Crippen LogP contribution in [0.15, 0.2) is 41.3 Å². The molecule has 1 amide bonds. The third kappa shape index (κ3) is 3.00. The largest absolute Gasteiger partial charge is 0.325 e. The summed E-state index contributed by atoms with van der Waals surface area (Å²) in [5.74, 6) is -0.473. The Hall–Kier alpha value is -2.41. The molecule has 2 aromatic carbocycles. The van der Waals surface area contributed by atoms with Gasteiger partial charge in [0.1, 0.15) is 5.82 Å². The van der Waals surface area contributed by atoms with E-state index in [4.69, 9.17) is 0 Å². The average molecular weight is 388 g/mol. The van der Waals surface area contributed by atoms with Crippen LogP contribution < -0.4 is 10.0 Å². The topological polar surface area (TPSA) is 75.3 Å². The van der Waals surface area contributed by atoms with E-state index in [1.807, 2.05) is 0 Å². The second-order valence-electron chi connectivity index (χ2n) is 7.37. The van der Waals surface area contributed by atoms with Gasteiger partial charge in [-0.15, -0.1) is 0 Å². The molecule has 0 bridgehead atoms. The fourth-order valence-corrected chi connectivity index (χ4v) is 5.53. The molecule has 142 valence electrons. The van der Waals surface area contributed by atoms with Crippen LogP contribution in [-0.2, 0) is 20.2 Å². The standard InChI is InChI=1S/C20H21FN2O3S/c1-13-11-14(21)5-8-18(13)27(25,26)23-15-6-7-17-16(12-15)20(19(24)22-17)9-3-2-4-10-20/h5-8,11-12,23H,2-4,9-10H2,1H3,(H,22,24). The van der Waals surface area contributed by atoms with Gasteiger partial charge >= 0.3 is 0 Å². The average Bonchev–Trinajstić information content (AvgIpc) is 2.87. The maximum absolute atomic E-state index is 13.3.